The molecular formula is C17H16Cl2O5S. The minimum atomic E-state index is -3.71. The number of carbonyl (C=O) groups is 1. The molecule has 0 atom stereocenters. The summed E-state index contributed by atoms with van der Waals surface area (Å²) in [7, 11) is -3.71. The number of hydrogen-bond acceptors (Lipinski definition) is 5. The molecule has 0 unspecified atom stereocenters. The highest BCUT2D eigenvalue weighted by Crippen LogP contribution is 2.22. The van der Waals surface area contributed by atoms with Gasteiger partial charge in [-0.2, -0.15) is 0 Å². The van der Waals surface area contributed by atoms with Gasteiger partial charge in [-0.15, -0.1) is 0 Å². The molecule has 2 aromatic carbocycles. The van der Waals surface area contributed by atoms with Crippen LogP contribution >= 0.6 is 23.2 Å². The summed E-state index contributed by atoms with van der Waals surface area (Å²) in [6, 6.07) is 16.3. The number of esters is 1. The molecule has 0 heterocycles. The molecule has 0 aliphatic heterocycles. The molecule has 25 heavy (non-hydrogen) atoms. The Balaban J connectivity index is 1.87. The van der Waals surface area contributed by atoms with Gasteiger partial charge in [-0.1, -0.05) is 53.5 Å². The molecule has 134 valence electrons. The summed E-state index contributed by atoms with van der Waals surface area (Å²) in [5, 5.41) is 0. The van der Waals surface area contributed by atoms with Gasteiger partial charge in [0, 0.05) is 0 Å². The third kappa shape index (κ3) is 6.57. The van der Waals surface area contributed by atoms with Gasteiger partial charge in [-0.05, 0) is 29.8 Å². The number of ether oxygens (including phenoxy) is 2. The lowest BCUT2D eigenvalue weighted by molar-refractivity contribution is -0.144. The van der Waals surface area contributed by atoms with Crippen LogP contribution in [0.5, 0.6) is 11.5 Å². The van der Waals surface area contributed by atoms with E-state index >= 15 is 0 Å². The van der Waals surface area contributed by atoms with Crippen LogP contribution in [0.15, 0.2) is 54.6 Å². The number of benzene rings is 2. The largest absolute Gasteiger partial charge is 0.461 e. The predicted molar refractivity (Wildman–Crippen MR) is 96.7 cm³/mol. The van der Waals surface area contributed by atoms with Crippen LogP contribution in [0.1, 0.15) is 12.0 Å². The first-order chi connectivity index (χ1) is 11.9. The maximum Gasteiger partial charge on any atom is 0.307 e. The van der Waals surface area contributed by atoms with Gasteiger partial charge in [0.25, 0.3) is 0 Å². The molecule has 0 bridgehead atoms. The third-order valence-corrected chi connectivity index (χ3v) is 6.08. The Morgan fingerprint density at radius 3 is 2.36 bits per heavy atom. The topological polar surface area (TPSA) is 69.7 Å². The fraction of sp³-hybridized carbons (Fsp3) is 0.235. The third-order valence-electron chi connectivity index (χ3n) is 3.14. The van der Waals surface area contributed by atoms with Crippen molar-refractivity contribution in [1.29, 1.82) is 0 Å². The molecule has 0 radical (unpaired) electrons. The van der Waals surface area contributed by atoms with E-state index < -0.39 is 25.7 Å². The van der Waals surface area contributed by atoms with E-state index in [1.54, 1.807) is 24.3 Å². The van der Waals surface area contributed by atoms with Crippen LogP contribution in [0.3, 0.4) is 0 Å². The molecule has 0 aromatic heterocycles. The van der Waals surface area contributed by atoms with Crippen molar-refractivity contribution in [2.45, 2.75) is 17.2 Å². The molecule has 0 saturated heterocycles. The second-order valence-corrected chi connectivity index (χ2v) is 8.92. The summed E-state index contributed by atoms with van der Waals surface area (Å²) in [6.45, 7) is 0.00997. The van der Waals surface area contributed by atoms with E-state index in [0.717, 1.165) is 5.56 Å². The standard InChI is InChI=1S/C17H16Cl2O5S/c18-17(19)25(21,22)10-9-16(20)23-12-13-5-4-8-15(11-13)24-14-6-2-1-3-7-14/h1-8,11,17H,9-10,12H2. The second-order valence-electron chi connectivity index (χ2n) is 5.10. The van der Waals surface area contributed by atoms with Gasteiger partial charge in [-0.3, -0.25) is 4.79 Å². The SMILES string of the molecule is O=C(CCS(=O)(=O)C(Cl)Cl)OCc1cccc(Oc2ccccc2)c1. The molecule has 0 spiro atoms. The van der Waals surface area contributed by atoms with Crippen molar-refractivity contribution in [2.75, 3.05) is 5.75 Å². The highest BCUT2D eigenvalue weighted by atomic mass is 35.5. The Hall–Kier alpha value is -1.76. The first-order valence-electron chi connectivity index (χ1n) is 7.34. The molecular weight excluding hydrogens is 387 g/mol. The quantitative estimate of drug-likeness (QED) is 0.491. The van der Waals surface area contributed by atoms with Crippen LogP contribution in [-0.2, 0) is 26.0 Å². The minimum Gasteiger partial charge on any atom is -0.461 e. The molecule has 0 N–H and O–H groups in total. The second kappa shape index (κ2) is 9.08. The molecule has 0 amide bonds. The van der Waals surface area contributed by atoms with Crippen LogP contribution < -0.4 is 4.74 Å². The molecule has 8 heteroatoms. The predicted octanol–water partition coefficient (Wildman–Crippen LogP) is 4.09. The minimum absolute atomic E-state index is 0.00997. The molecule has 2 aromatic rings. The zero-order valence-corrected chi connectivity index (χ0v) is 15.4. The highest BCUT2D eigenvalue weighted by molar-refractivity contribution is 7.94. The van der Waals surface area contributed by atoms with Crippen LogP contribution in [0.25, 0.3) is 0 Å². The Labute approximate surface area is 156 Å². The summed E-state index contributed by atoms with van der Waals surface area (Å²) in [4.78, 5) is 11.7. The van der Waals surface area contributed by atoms with Crippen molar-refractivity contribution < 1.29 is 22.7 Å². The Morgan fingerprint density at radius 2 is 1.68 bits per heavy atom. The van der Waals surface area contributed by atoms with E-state index in [2.05, 4.69) is 0 Å². The summed E-state index contributed by atoms with van der Waals surface area (Å²) in [5.41, 5.74) is 0.720. The number of rotatable bonds is 8. The molecule has 0 aliphatic rings. The maximum absolute atomic E-state index is 11.7. The summed E-state index contributed by atoms with van der Waals surface area (Å²) in [5.74, 6) is 0.195. The first-order valence-corrected chi connectivity index (χ1v) is 9.93. The molecule has 2 rings (SSSR count). The van der Waals surface area contributed by atoms with E-state index in [1.807, 2.05) is 30.3 Å². The van der Waals surface area contributed by atoms with Gasteiger partial charge in [0.15, 0.2) is 9.84 Å². The molecule has 0 aliphatic carbocycles. The fourth-order valence-corrected chi connectivity index (χ4v) is 3.04. The van der Waals surface area contributed by atoms with E-state index in [9.17, 15) is 13.2 Å². The molecule has 0 saturated carbocycles. The number of para-hydroxylation sites is 1. The van der Waals surface area contributed by atoms with Crippen LogP contribution in [0.2, 0.25) is 0 Å². The monoisotopic (exact) mass is 402 g/mol. The number of halogens is 2. The van der Waals surface area contributed by atoms with Crippen molar-refractivity contribution >= 4 is 39.0 Å². The number of alkyl halides is 2. The lowest BCUT2D eigenvalue weighted by atomic mass is 10.2. The average molecular weight is 403 g/mol. The normalized spacial score (nSPS) is 11.3. The van der Waals surface area contributed by atoms with Gasteiger partial charge in [-0.25, -0.2) is 8.42 Å². The van der Waals surface area contributed by atoms with Crippen LogP contribution in [-0.4, -0.2) is 24.3 Å². The number of hydrogen-bond donors (Lipinski definition) is 0. The van der Waals surface area contributed by atoms with Gasteiger partial charge >= 0.3 is 5.97 Å². The van der Waals surface area contributed by atoms with Gasteiger partial charge < -0.3 is 9.47 Å². The Kier molecular flexibility index (Phi) is 7.11. The highest BCUT2D eigenvalue weighted by Gasteiger charge is 2.21. The first kappa shape index (κ1) is 19.6. The Bertz CT molecular complexity index is 807. The lowest BCUT2D eigenvalue weighted by Gasteiger charge is -2.09. The molecule has 5 nitrogen and oxygen atoms in total. The van der Waals surface area contributed by atoms with E-state index in [4.69, 9.17) is 32.7 Å². The van der Waals surface area contributed by atoms with E-state index in [-0.39, 0.29) is 13.0 Å². The lowest BCUT2D eigenvalue weighted by Crippen LogP contribution is -2.17. The molecule has 0 fully saturated rings. The van der Waals surface area contributed by atoms with Crippen molar-refractivity contribution in [3.63, 3.8) is 0 Å². The summed E-state index contributed by atoms with van der Waals surface area (Å²) >= 11 is 10.6. The zero-order chi connectivity index (χ0) is 18.3. The maximum atomic E-state index is 11.7. The van der Waals surface area contributed by atoms with E-state index in [0.29, 0.717) is 11.5 Å². The van der Waals surface area contributed by atoms with Crippen LogP contribution in [0.4, 0.5) is 0 Å². The van der Waals surface area contributed by atoms with Gasteiger partial charge in [0.1, 0.15) is 18.1 Å². The van der Waals surface area contributed by atoms with Crippen molar-refractivity contribution in [1.82, 2.24) is 0 Å². The summed E-state index contributed by atoms with van der Waals surface area (Å²) < 4.78 is 32.1. The number of carbonyl (C=O) groups excluding carboxylic acids is 1. The van der Waals surface area contributed by atoms with Crippen LogP contribution in [0, 0.1) is 0 Å². The van der Waals surface area contributed by atoms with Crippen molar-refractivity contribution in [3.05, 3.63) is 60.2 Å². The van der Waals surface area contributed by atoms with Gasteiger partial charge in [0.2, 0.25) is 4.17 Å². The van der Waals surface area contributed by atoms with Gasteiger partial charge in [0.05, 0.1) is 12.2 Å². The van der Waals surface area contributed by atoms with Crippen molar-refractivity contribution in [2.24, 2.45) is 0 Å². The Morgan fingerprint density at radius 1 is 1.00 bits per heavy atom. The smallest absolute Gasteiger partial charge is 0.307 e. The average Bonchev–Trinajstić information content (AvgIpc) is 2.59. The van der Waals surface area contributed by atoms with E-state index in [1.165, 1.54) is 0 Å². The van der Waals surface area contributed by atoms with Crippen molar-refractivity contribution in [3.8, 4) is 11.5 Å². The zero-order valence-electron chi connectivity index (χ0n) is 13.1. The summed E-state index contributed by atoms with van der Waals surface area (Å²) in [6.07, 6.45) is -0.307. The number of sulfone groups is 1. The fourth-order valence-electron chi connectivity index (χ4n) is 1.87.